The van der Waals surface area contributed by atoms with Gasteiger partial charge in [0.25, 0.3) is 0 Å². The van der Waals surface area contributed by atoms with Gasteiger partial charge in [-0.3, -0.25) is 9.69 Å². The molecule has 2 aromatic heterocycles. The Kier molecular flexibility index (Phi) is 6.76. The van der Waals surface area contributed by atoms with Gasteiger partial charge in [0.1, 0.15) is 11.6 Å². The fourth-order valence-corrected chi connectivity index (χ4v) is 4.17. The minimum absolute atomic E-state index is 0.217. The maximum Gasteiger partial charge on any atom is 0.226 e. The van der Waals surface area contributed by atoms with Crippen LogP contribution in [0.25, 0.3) is 0 Å². The van der Waals surface area contributed by atoms with Crippen molar-refractivity contribution in [1.82, 2.24) is 34.7 Å². The highest BCUT2D eigenvalue weighted by atomic mass is 16.5. The van der Waals surface area contributed by atoms with Crippen LogP contribution in [0, 0.1) is 0 Å². The first-order chi connectivity index (χ1) is 14.6. The van der Waals surface area contributed by atoms with Gasteiger partial charge in [-0.05, 0) is 19.3 Å². The van der Waals surface area contributed by atoms with E-state index in [2.05, 4.69) is 29.8 Å². The van der Waals surface area contributed by atoms with Crippen molar-refractivity contribution in [3.63, 3.8) is 0 Å². The number of hydrogen-bond donors (Lipinski definition) is 0. The van der Waals surface area contributed by atoms with Crippen LogP contribution in [0.15, 0.2) is 4.52 Å². The fraction of sp³-hybridized carbons (Fsp3) is 0.762. The molecule has 2 aliphatic rings. The predicted molar refractivity (Wildman–Crippen MR) is 111 cm³/mol. The van der Waals surface area contributed by atoms with Crippen molar-refractivity contribution in [3.8, 4) is 0 Å². The second kappa shape index (κ2) is 9.68. The van der Waals surface area contributed by atoms with Gasteiger partial charge >= 0.3 is 0 Å². The van der Waals surface area contributed by atoms with Gasteiger partial charge in [-0.25, -0.2) is 0 Å². The molecular formula is C21H33N7O2. The number of nitrogens with zero attached hydrogens (tertiary/aromatic N) is 7. The van der Waals surface area contributed by atoms with E-state index in [1.54, 1.807) is 0 Å². The van der Waals surface area contributed by atoms with Crippen LogP contribution >= 0.6 is 0 Å². The first kappa shape index (κ1) is 21.0. The molecular weight excluding hydrogens is 382 g/mol. The van der Waals surface area contributed by atoms with Crippen LogP contribution in [-0.2, 0) is 30.7 Å². The number of hydrogen-bond acceptors (Lipinski definition) is 7. The summed E-state index contributed by atoms with van der Waals surface area (Å²) in [5, 5.41) is 12.8. The molecule has 0 unspecified atom stereocenters. The first-order valence-corrected chi connectivity index (χ1v) is 11.3. The molecule has 9 heteroatoms. The second-order valence-corrected chi connectivity index (χ2v) is 8.71. The number of amides is 1. The van der Waals surface area contributed by atoms with Gasteiger partial charge in [0.2, 0.25) is 11.8 Å². The molecule has 0 atom stereocenters. The summed E-state index contributed by atoms with van der Waals surface area (Å²) in [6.07, 6.45) is 6.66. The van der Waals surface area contributed by atoms with Crippen molar-refractivity contribution in [2.75, 3.05) is 26.2 Å². The van der Waals surface area contributed by atoms with Crippen LogP contribution < -0.4 is 0 Å². The Hall–Kier alpha value is -2.29. The van der Waals surface area contributed by atoms with Gasteiger partial charge in [-0.15, -0.1) is 10.2 Å². The van der Waals surface area contributed by atoms with Gasteiger partial charge < -0.3 is 14.0 Å². The SMILES string of the molecule is CC(C)c1noc(CCCC(=O)N2CCN(Cc3nnc4n3CCCCC4)CC2)n1. The standard InChI is InChI=1S/C21H33N7O2/c1-16(2)21-22-19(30-25-21)8-6-9-20(29)27-13-11-26(12-14-27)15-18-24-23-17-7-4-3-5-10-28(17)18/h16H,3-15H2,1-2H3. The van der Waals surface area contributed by atoms with E-state index < -0.39 is 0 Å². The lowest BCUT2D eigenvalue weighted by molar-refractivity contribution is -0.133. The molecule has 4 heterocycles. The topological polar surface area (TPSA) is 93.2 Å². The second-order valence-electron chi connectivity index (χ2n) is 8.71. The summed E-state index contributed by atoms with van der Waals surface area (Å²) in [6, 6.07) is 0. The van der Waals surface area contributed by atoms with Crippen LogP contribution in [0.1, 0.15) is 75.2 Å². The van der Waals surface area contributed by atoms with Crippen LogP contribution in [0.4, 0.5) is 0 Å². The van der Waals surface area contributed by atoms with Gasteiger partial charge in [0, 0.05) is 57.9 Å². The third kappa shape index (κ3) is 5.06. The molecule has 2 aliphatic heterocycles. The van der Waals surface area contributed by atoms with E-state index in [1.807, 2.05) is 18.7 Å². The number of carbonyl (C=O) groups excluding carboxylic acids is 1. The summed E-state index contributed by atoms with van der Waals surface area (Å²) in [6.45, 7) is 9.26. The van der Waals surface area contributed by atoms with Gasteiger partial charge in [0.05, 0.1) is 6.54 Å². The van der Waals surface area contributed by atoms with Crippen molar-refractivity contribution in [2.45, 2.75) is 77.8 Å². The minimum Gasteiger partial charge on any atom is -0.340 e. The lowest BCUT2D eigenvalue weighted by atomic mass is 10.2. The van der Waals surface area contributed by atoms with Crippen molar-refractivity contribution in [1.29, 1.82) is 0 Å². The molecule has 2 aromatic rings. The Bertz CT molecular complexity index is 836. The average Bonchev–Trinajstić information content (AvgIpc) is 3.29. The average molecular weight is 416 g/mol. The zero-order valence-electron chi connectivity index (χ0n) is 18.2. The smallest absolute Gasteiger partial charge is 0.226 e. The number of aromatic nitrogens is 5. The molecule has 1 fully saturated rings. The largest absolute Gasteiger partial charge is 0.340 e. The van der Waals surface area contributed by atoms with Gasteiger partial charge in [0.15, 0.2) is 5.82 Å². The number of carbonyl (C=O) groups is 1. The number of fused-ring (bicyclic) bond motifs is 1. The highest BCUT2D eigenvalue weighted by Crippen LogP contribution is 2.17. The van der Waals surface area contributed by atoms with E-state index >= 15 is 0 Å². The summed E-state index contributed by atoms with van der Waals surface area (Å²) in [5.41, 5.74) is 0. The Labute approximate surface area is 177 Å². The Morgan fingerprint density at radius 1 is 1.07 bits per heavy atom. The molecule has 0 radical (unpaired) electrons. The van der Waals surface area contributed by atoms with Crippen LogP contribution in [0.2, 0.25) is 0 Å². The molecule has 0 aliphatic carbocycles. The highest BCUT2D eigenvalue weighted by Gasteiger charge is 2.23. The fourth-order valence-electron chi connectivity index (χ4n) is 4.17. The van der Waals surface area contributed by atoms with E-state index in [4.69, 9.17) is 4.52 Å². The maximum absolute atomic E-state index is 12.6. The monoisotopic (exact) mass is 415 g/mol. The van der Waals surface area contributed by atoms with Crippen LogP contribution in [0.3, 0.4) is 0 Å². The molecule has 9 nitrogen and oxygen atoms in total. The van der Waals surface area contributed by atoms with E-state index in [-0.39, 0.29) is 11.8 Å². The lowest BCUT2D eigenvalue weighted by Gasteiger charge is -2.34. The summed E-state index contributed by atoms with van der Waals surface area (Å²) in [7, 11) is 0. The third-order valence-corrected chi connectivity index (χ3v) is 6.06. The Morgan fingerprint density at radius 2 is 1.90 bits per heavy atom. The molecule has 4 rings (SSSR count). The summed E-state index contributed by atoms with van der Waals surface area (Å²) in [4.78, 5) is 21.3. The Balaban J connectivity index is 1.19. The summed E-state index contributed by atoms with van der Waals surface area (Å²) in [5.74, 6) is 4.05. The van der Waals surface area contributed by atoms with E-state index in [0.29, 0.717) is 18.7 Å². The predicted octanol–water partition coefficient (Wildman–Crippen LogP) is 2.18. The highest BCUT2D eigenvalue weighted by molar-refractivity contribution is 5.76. The van der Waals surface area contributed by atoms with Crippen molar-refractivity contribution < 1.29 is 9.32 Å². The molecule has 1 amide bonds. The maximum atomic E-state index is 12.6. The summed E-state index contributed by atoms with van der Waals surface area (Å²) < 4.78 is 7.57. The molecule has 0 spiro atoms. The Morgan fingerprint density at radius 3 is 2.67 bits per heavy atom. The molecule has 1 saturated heterocycles. The van der Waals surface area contributed by atoms with E-state index in [0.717, 1.165) is 69.6 Å². The van der Waals surface area contributed by atoms with Crippen molar-refractivity contribution in [2.24, 2.45) is 0 Å². The third-order valence-electron chi connectivity index (χ3n) is 6.06. The number of piperazine rings is 1. The normalized spacial score (nSPS) is 17.9. The van der Waals surface area contributed by atoms with Gasteiger partial charge in [-0.2, -0.15) is 4.98 Å². The quantitative estimate of drug-likeness (QED) is 0.684. The van der Waals surface area contributed by atoms with Crippen molar-refractivity contribution in [3.05, 3.63) is 23.4 Å². The number of aryl methyl sites for hydroxylation is 2. The number of rotatable bonds is 7. The molecule has 0 saturated carbocycles. The lowest BCUT2D eigenvalue weighted by Crippen LogP contribution is -2.48. The minimum atomic E-state index is 0.217. The van der Waals surface area contributed by atoms with Crippen molar-refractivity contribution >= 4 is 5.91 Å². The van der Waals surface area contributed by atoms with E-state index in [9.17, 15) is 4.79 Å². The van der Waals surface area contributed by atoms with Crippen LogP contribution in [-0.4, -0.2) is 66.8 Å². The van der Waals surface area contributed by atoms with E-state index in [1.165, 1.54) is 19.3 Å². The first-order valence-electron chi connectivity index (χ1n) is 11.3. The van der Waals surface area contributed by atoms with Crippen LogP contribution in [0.5, 0.6) is 0 Å². The zero-order chi connectivity index (χ0) is 20.9. The molecule has 164 valence electrons. The molecule has 30 heavy (non-hydrogen) atoms. The molecule has 0 N–H and O–H groups in total. The summed E-state index contributed by atoms with van der Waals surface area (Å²) >= 11 is 0. The van der Waals surface area contributed by atoms with Gasteiger partial charge in [-0.1, -0.05) is 25.4 Å². The molecule has 0 bridgehead atoms. The molecule has 0 aromatic carbocycles. The zero-order valence-corrected chi connectivity index (χ0v) is 18.2.